The Morgan fingerprint density at radius 2 is 2.17 bits per heavy atom. The summed E-state index contributed by atoms with van der Waals surface area (Å²) in [5.41, 5.74) is 0.875. The monoisotopic (exact) mass is 245 g/mol. The predicted molar refractivity (Wildman–Crippen MR) is 69.5 cm³/mol. The van der Waals surface area contributed by atoms with Crippen molar-refractivity contribution in [2.45, 2.75) is 25.8 Å². The number of carbonyl (C=O) groups is 1. The molecular formula is C13H15N3O2. The summed E-state index contributed by atoms with van der Waals surface area (Å²) in [4.78, 5) is 18.9. The standard InChI is InChI=1S/C13H15N3O2/c1-9(6-7-12(17)18)16-13-10-4-2-3-5-11(10)14-8-15-13/h2-5,8-9H,6-7H2,1H3,(H,17,18)(H,14,15,16). The zero-order chi connectivity index (χ0) is 13.0. The number of carboxylic acids is 1. The lowest BCUT2D eigenvalue weighted by Gasteiger charge is -2.14. The molecule has 0 saturated carbocycles. The highest BCUT2D eigenvalue weighted by molar-refractivity contribution is 5.88. The van der Waals surface area contributed by atoms with Crippen molar-refractivity contribution in [1.82, 2.24) is 9.97 Å². The predicted octanol–water partition coefficient (Wildman–Crippen LogP) is 2.29. The van der Waals surface area contributed by atoms with Gasteiger partial charge in [0, 0.05) is 17.8 Å². The molecule has 2 rings (SSSR count). The second kappa shape index (κ2) is 5.44. The van der Waals surface area contributed by atoms with Crippen molar-refractivity contribution in [3.63, 3.8) is 0 Å². The van der Waals surface area contributed by atoms with E-state index in [1.54, 1.807) is 0 Å². The second-order valence-corrected chi connectivity index (χ2v) is 4.22. The van der Waals surface area contributed by atoms with Crippen LogP contribution in [-0.4, -0.2) is 27.1 Å². The first-order chi connectivity index (χ1) is 8.66. The number of rotatable bonds is 5. The maximum Gasteiger partial charge on any atom is 0.303 e. The summed E-state index contributed by atoms with van der Waals surface area (Å²) in [6.07, 6.45) is 2.22. The number of nitrogens with one attached hydrogen (secondary N) is 1. The van der Waals surface area contributed by atoms with Crippen LogP contribution < -0.4 is 5.32 Å². The smallest absolute Gasteiger partial charge is 0.303 e. The second-order valence-electron chi connectivity index (χ2n) is 4.22. The fourth-order valence-corrected chi connectivity index (χ4v) is 1.77. The van der Waals surface area contributed by atoms with Gasteiger partial charge in [-0.3, -0.25) is 4.79 Å². The molecule has 0 amide bonds. The summed E-state index contributed by atoms with van der Waals surface area (Å²) in [5.74, 6) is -0.0327. The van der Waals surface area contributed by atoms with Crippen molar-refractivity contribution in [2.75, 3.05) is 5.32 Å². The first-order valence-electron chi connectivity index (χ1n) is 5.85. The van der Waals surface area contributed by atoms with Gasteiger partial charge in [-0.1, -0.05) is 12.1 Å². The van der Waals surface area contributed by atoms with Crippen molar-refractivity contribution in [2.24, 2.45) is 0 Å². The Morgan fingerprint density at radius 3 is 2.94 bits per heavy atom. The van der Waals surface area contributed by atoms with Crippen LogP contribution in [0.25, 0.3) is 10.9 Å². The summed E-state index contributed by atoms with van der Waals surface area (Å²) in [6, 6.07) is 7.77. The molecule has 0 spiro atoms. The summed E-state index contributed by atoms with van der Waals surface area (Å²) in [5, 5.41) is 12.8. The SMILES string of the molecule is CC(CCC(=O)O)Nc1ncnc2ccccc12. The van der Waals surface area contributed by atoms with Gasteiger partial charge in [-0.2, -0.15) is 0 Å². The highest BCUT2D eigenvalue weighted by Crippen LogP contribution is 2.19. The highest BCUT2D eigenvalue weighted by atomic mass is 16.4. The number of para-hydroxylation sites is 1. The minimum Gasteiger partial charge on any atom is -0.481 e. The number of benzene rings is 1. The minimum absolute atomic E-state index is 0.0550. The van der Waals surface area contributed by atoms with Gasteiger partial charge in [-0.15, -0.1) is 0 Å². The largest absolute Gasteiger partial charge is 0.481 e. The number of fused-ring (bicyclic) bond motifs is 1. The van der Waals surface area contributed by atoms with E-state index in [1.165, 1.54) is 6.33 Å². The Hall–Kier alpha value is -2.17. The van der Waals surface area contributed by atoms with Crippen molar-refractivity contribution in [1.29, 1.82) is 0 Å². The van der Waals surface area contributed by atoms with Crippen LogP contribution in [-0.2, 0) is 4.79 Å². The molecule has 0 bridgehead atoms. The molecule has 0 aliphatic rings. The molecule has 1 unspecified atom stereocenters. The summed E-state index contributed by atoms with van der Waals surface area (Å²) >= 11 is 0. The quantitative estimate of drug-likeness (QED) is 0.845. The third-order valence-electron chi connectivity index (χ3n) is 2.72. The molecule has 0 radical (unpaired) electrons. The van der Waals surface area contributed by atoms with Crippen LogP contribution in [0.4, 0.5) is 5.82 Å². The molecule has 1 aromatic carbocycles. The van der Waals surface area contributed by atoms with Crippen molar-refractivity contribution in [3.05, 3.63) is 30.6 Å². The molecule has 1 atom stereocenters. The maximum atomic E-state index is 10.5. The Labute approximate surface area is 105 Å². The number of hydrogen-bond acceptors (Lipinski definition) is 4. The topological polar surface area (TPSA) is 75.1 Å². The summed E-state index contributed by atoms with van der Waals surface area (Å²) in [7, 11) is 0. The number of carboxylic acid groups (broad SMARTS) is 1. The normalized spacial score (nSPS) is 12.3. The maximum absolute atomic E-state index is 10.5. The van der Waals surface area contributed by atoms with Gasteiger partial charge in [0.15, 0.2) is 0 Å². The first-order valence-corrected chi connectivity index (χ1v) is 5.85. The Bertz CT molecular complexity index is 551. The van der Waals surface area contributed by atoms with E-state index in [2.05, 4.69) is 15.3 Å². The van der Waals surface area contributed by atoms with Crippen LogP contribution in [0.2, 0.25) is 0 Å². The lowest BCUT2D eigenvalue weighted by molar-refractivity contribution is -0.137. The fourth-order valence-electron chi connectivity index (χ4n) is 1.77. The molecule has 0 aliphatic heterocycles. The van der Waals surface area contributed by atoms with Crippen molar-refractivity contribution in [3.8, 4) is 0 Å². The van der Waals surface area contributed by atoms with Crippen LogP contribution in [0.3, 0.4) is 0 Å². The van der Waals surface area contributed by atoms with E-state index in [1.807, 2.05) is 31.2 Å². The number of nitrogens with zero attached hydrogens (tertiary/aromatic N) is 2. The third kappa shape index (κ3) is 2.94. The van der Waals surface area contributed by atoms with Gasteiger partial charge in [0.25, 0.3) is 0 Å². The Kier molecular flexibility index (Phi) is 3.72. The molecule has 0 aliphatic carbocycles. The fraction of sp³-hybridized carbons (Fsp3) is 0.308. The van der Waals surface area contributed by atoms with E-state index in [0.717, 1.165) is 16.7 Å². The van der Waals surface area contributed by atoms with E-state index in [0.29, 0.717) is 6.42 Å². The average molecular weight is 245 g/mol. The van der Waals surface area contributed by atoms with E-state index in [-0.39, 0.29) is 12.5 Å². The van der Waals surface area contributed by atoms with Crippen molar-refractivity contribution >= 4 is 22.7 Å². The minimum atomic E-state index is -0.781. The van der Waals surface area contributed by atoms with Gasteiger partial charge in [0.2, 0.25) is 0 Å². The van der Waals surface area contributed by atoms with Crippen LogP contribution in [0.15, 0.2) is 30.6 Å². The molecule has 18 heavy (non-hydrogen) atoms. The molecule has 5 heteroatoms. The van der Waals surface area contributed by atoms with Gasteiger partial charge in [-0.05, 0) is 25.5 Å². The lowest BCUT2D eigenvalue weighted by Crippen LogP contribution is -2.17. The van der Waals surface area contributed by atoms with Gasteiger partial charge in [0.05, 0.1) is 5.52 Å². The third-order valence-corrected chi connectivity index (χ3v) is 2.72. The number of anilines is 1. The van der Waals surface area contributed by atoms with Crippen LogP contribution in [0, 0.1) is 0 Å². The van der Waals surface area contributed by atoms with Crippen LogP contribution >= 0.6 is 0 Å². The van der Waals surface area contributed by atoms with Crippen molar-refractivity contribution < 1.29 is 9.90 Å². The summed E-state index contributed by atoms with van der Waals surface area (Å²) < 4.78 is 0. The molecule has 5 nitrogen and oxygen atoms in total. The van der Waals surface area contributed by atoms with E-state index in [4.69, 9.17) is 5.11 Å². The zero-order valence-corrected chi connectivity index (χ0v) is 10.1. The first kappa shape index (κ1) is 12.3. The molecule has 0 saturated heterocycles. The number of aliphatic carboxylic acids is 1. The van der Waals surface area contributed by atoms with E-state index < -0.39 is 5.97 Å². The molecule has 1 aromatic heterocycles. The van der Waals surface area contributed by atoms with Gasteiger partial charge in [0.1, 0.15) is 12.1 Å². The molecule has 0 fully saturated rings. The van der Waals surface area contributed by atoms with E-state index >= 15 is 0 Å². The number of aromatic nitrogens is 2. The highest BCUT2D eigenvalue weighted by Gasteiger charge is 2.08. The van der Waals surface area contributed by atoms with Crippen LogP contribution in [0.5, 0.6) is 0 Å². The molecule has 2 N–H and O–H groups in total. The molecule has 94 valence electrons. The van der Waals surface area contributed by atoms with E-state index in [9.17, 15) is 4.79 Å². The van der Waals surface area contributed by atoms with Gasteiger partial charge < -0.3 is 10.4 Å². The van der Waals surface area contributed by atoms with Gasteiger partial charge >= 0.3 is 5.97 Å². The molecule has 1 heterocycles. The zero-order valence-electron chi connectivity index (χ0n) is 10.1. The Morgan fingerprint density at radius 1 is 1.39 bits per heavy atom. The molecular weight excluding hydrogens is 230 g/mol. The molecule has 2 aromatic rings. The van der Waals surface area contributed by atoms with Gasteiger partial charge in [-0.25, -0.2) is 9.97 Å². The average Bonchev–Trinajstić information content (AvgIpc) is 2.37. The number of hydrogen-bond donors (Lipinski definition) is 2. The Balaban J connectivity index is 2.14. The lowest BCUT2D eigenvalue weighted by atomic mass is 10.1. The van der Waals surface area contributed by atoms with Crippen LogP contribution in [0.1, 0.15) is 19.8 Å². The summed E-state index contributed by atoms with van der Waals surface area (Å²) in [6.45, 7) is 1.94.